The molecule has 130 valence electrons. The molecule has 2 aromatic rings. The molecular formula is C14H10ClF5N2OS. The minimum absolute atomic E-state index is 0.249. The first kappa shape index (κ1) is 18.8. The molecule has 2 unspecified atom stereocenters. The van der Waals surface area contributed by atoms with Crippen LogP contribution >= 0.6 is 11.6 Å². The third-order valence-electron chi connectivity index (χ3n) is 3.08. The van der Waals surface area contributed by atoms with Gasteiger partial charge in [0.05, 0.1) is 16.1 Å². The van der Waals surface area contributed by atoms with Crippen LogP contribution in [0.15, 0.2) is 41.6 Å². The summed E-state index contributed by atoms with van der Waals surface area (Å²) in [5, 5.41) is -0.335. The van der Waals surface area contributed by atoms with Crippen molar-refractivity contribution in [2.75, 3.05) is 7.05 Å². The maximum atomic E-state index is 13.5. The van der Waals surface area contributed by atoms with Gasteiger partial charge in [-0.2, -0.15) is 13.2 Å². The zero-order valence-electron chi connectivity index (χ0n) is 12.0. The average molecular weight is 385 g/mol. The van der Waals surface area contributed by atoms with Crippen LogP contribution in [0.3, 0.4) is 0 Å². The standard InChI is InChI=1S/C14H10ClF5N2OS/c1-22(24(23)10-5-9(16)6-21-7-10)13(14(18,19)20)8-2-3-11(15)12(17)4-8/h2-7,13H,1H3. The monoisotopic (exact) mass is 384 g/mol. The predicted molar refractivity (Wildman–Crippen MR) is 78.6 cm³/mol. The molecule has 0 saturated heterocycles. The van der Waals surface area contributed by atoms with Gasteiger partial charge in [0.1, 0.15) is 28.7 Å². The maximum Gasteiger partial charge on any atom is 0.409 e. The number of aromatic nitrogens is 1. The Labute approximate surface area is 141 Å². The van der Waals surface area contributed by atoms with Gasteiger partial charge < -0.3 is 0 Å². The van der Waals surface area contributed by atoms with E-state index in [0.29, 0.717) is 10.4 Å². The van der Waals surface area contributed by atoms with E-state index in [1.165, 1.54) is 0 Å². The Morgan fingerprint density at radius 1 is 1.21 bits per heavy atom. The molecule has 0 aliphatic carbocycles. The lowest BCUT2D eigenvalue weighted by molar-refractivity contribution is -0.170. The van der Waals surface area contributed by atoms with Crippen molar-refractivity contribution in [1.82, 2.24) is 9.29 Å². The van der Waals surface area contributed by atoms with Crippen LogP contribution < -0.4 is 0 Å². The summed E-state index contributed by atoms with van der Waals surface area (Å²) >= 11 is 5.48. The van der Waals surface area contributed by atoms with E-state index >= 15 is 0 Å². The number of rotatable bonds is 4. The summed E-state index contributed by atoms with van der Waals surface area (Å²) in [7, 11) is -1.44. The van der Waals surface area contributed by atoms with E-state index in [1.54, 1.807) is 0 Å². The molecule has 0 amide bonds. The Morgan fingerprint density at radius 3 is 2.42 bits per heavy atom. The summed E-state index contributed by atoms with van der Waals surface area (Å²) in [5.74, 6) is -1.87. The van der Waals surface area contributed by atoms with Crippen molar-refractivity contribution in [3.05, 3.63) is 58.9 Å². The fraction of sp³-hybridized carbons (Fsp3) is 0.214. The number of pyridine rings is 1. The summed E-state index contributed by atoms with van der Waals surface area (Å²) in [6.07, 6.45) is -3.03. The second-order valence-electron chi connectivity index (χ2n) is 4.75. The van der Waals surface area contributed by atoms with Crippen molar-refractivity contribution in [2.24, 2.45) is 0 Å². The molecule has 1 aromatic heterocycles. The molecule has 2 atom stereocenters. The van der Waals surface area contributed by atoms with Gasteiger partial charge in [0, 0.05) is 13.2 Å². The normalized spacial score (nSPS) is 14.7. The minimum Gasteiger partial charge on any atom is -0.260 e. The molecule has 24 heavy (non-hydrogen) atoms. The number of nitrogens with zero attached hydrogens (tertiary/aromatic N) is 2. The van der Waals surface area contributed by atoms with Crippen molar-refractivity contribution in [2.45, 2.75) is 17.1 Å². The van der Waals surface area contributed by atoms with E-state index in [4.69, 9.17) is 11.6 Å². The van der Waals surface area contributed by atoms with Crippen LogP contribution in [0.1, 0.15) is 11.6 Å². The number of hydrogen-bond acceptors (Lipinski definition) is 2. The van der Waals surface area contributed by atoms with Crippen molar-refractivity contribution >= 4 is 22.6 Å². The molecular weight excluding hydrogens is 375 g/mol. The summed E-state index contributed by atoms with van der Waals surface area (Å²) in [4.78, 5) is 3.21. The lowest BCUT2D eigenvalue weighted by atomic mass is 10.1. The molecule has 0 saturated carbocycles. The van der Waals surface area contributed by atoms with Gasteiger partial charge in [-0.3, -0.25) is 4.98 Å². The maximum absolute atomic E-state index is 13.5. The molecule has 3 nitrogen and oxygen atoms in total. The van der Waals surface area contributed by atoms with E-state index in [9.17, 15) is 26.2 Å². The van der Waals surface area contributed by atoms with Crippen molar-refractivity contribution in [3.63, 3.8) is 0 Å². The lowest BCUT2D eigenvalue weighted by Crippen LogP contribution is -2.37. The van der Waals surface area contributed by atoms with E-state index < -0.39 is 40.4 Å². The predicted octanol–water partition coefficient (Wildman–Crippen LogP) is 4.27. The molecule has 2 rings (SSSR count). The molecule has 0 aliphatic heterocycles. The molecule has 1 heterocycles. The Bertz CT molecular complexity index is 771. The molecule has 10 heteroatoms. The summed E-state index contributed by atoms with van der Waals surface area (Å²) < 4.78 is 79.7. The summed E-state index contributed by atoms with van der Waals surface area (Å²) in [6.45, 7) is 0. The van der Waals surface area contributed by atoms with Crippen LogP contribution in [0.4, 0.5) is 22.0 Å². The fourth-order valence-corrected chi connectivity index (χ4v) is 3.28. The Morgan fingerprint density at radius 2 is 1.88 bits per heavy atom. The summed E-state index contributed by atoms with van der Waals surface area (Å²) in [5.41, 5.74) is -0.482. The number of hydrogen-bond donors (Lipinski definition) is 0. The SMILES string of the molecule is CN(C(c1ccc(Cl)c(F)c1)C(F)(F)F)S(=O)c1cncc(F)c1. The average Bonchev–Trinajstić information content (AvgIpc) is 2.48. The van der Waals surface area contributed by atoms with Gasteiger partial charge in [0.2, 0.25) is 0 Å². The third-order valence-corrected chi connectivity index (χ3v) is 4.74. The highest BCUT2D eigenvalue weighted by molar-refractivity contribution is 7.82. The second-order valence-corrected chi connectivity index (χ2v) is 6.70. The molecule has 0 aliphatic rings. The van der Waals surface area contributed by atoms with Gasteiger partial charge in [-0.25, -0.2) is 17.3 Å². The topological polar surface area (TPSA) is 33.2 Å². The number of halogens is 6. The van der Waals surface area contributed by atoms with Gasteiger partial charge in [-0.15, -0.1) is 0 Å². The van der Waals surface area contributed by atoms with Crippen molar-refractivity contribution < 1.29 is 26.2 Å². The van der Waals surface area contributed by atoms with E-state index in [0.717, 1.165) is 37.6 Å². The van der Waals surface area contributed by atoms with Crippen LogP contribution in [0.5, 0.6) is 0 Å². The Balaban J connectivity index is 2.44. The highest BCUT2D eigenvalue weighted by Gasteiger charge is 2.45. The second kappa shape index (κ2) is 7.12. The van der Waals surface area contributed by atoms with Gasteiger partial charge >= 0.3 is 6.18 Å². The van der Waals surface area contributed by atoms with Gasteiger partial charge in [0.15, 0.2) is 0 Å². The van der Waals surface area contributed by atoms with Gasteiger partial charge in [-0.05, 0) is 23.8 Å². The molecule has 0 bridgehead atoms. The number of benzene rings is 1. The lowest BCUT2D eigenvalue weighted by Gasteiger charge is -2.29. The van der Waals surface area contributed by atoms with Gasteiger partial charge in [-0.1, -0.05) is 17.7 Å². The van der Waals surface area contributed by atoms with E-state index in [1.807, 2.05) is 0 Å². The van der Waals surface area contributed by atoms with Crippen LogP contribution in [0.25, 0.3) is 0 Å². The largest absolute Gasteiger partial charge is 0.409 e. The number of alkyl halides is 3. The first-order valence-electron chi connectivity index (χ1n) is 6.38. The van der Waals surface area contributed by atoms with Crippen LogP contribution in [0.2, 0.25) is 5.02 Å². The zero-order valence-corrected chi connectivity index (χ0v) is 13.6. The highest BCUT2D eigenvalue weighted by Crippen LogP contribution is 2.39. The molecule has 0 N–H and O–H groups in total. The molecule has 0 radical (unpaired) electrons. The molecule has 1 aromatic carbocycles. The van der Waals surface area contributed by atoms with Crippen LogP contribution in [-0.4, -0.2) is 26.7 Å². The minimum atomic E-state index is -4.86. The molecule has 0 spiro atoms. The Kier molecular flexibility index (Phi) is 5.56. The quantitative estimate of drug-likeness (QED) is 0.737. The Hall–Kier alpha value is -1.58. The molecule has 0 fully saturated rings. The van der Waals surface area contributed by atoms with E-state index in [-0.39, 0.29) is 9.92 Å². The van der Waals surface area contributed by atoms with Crippen LogP contribution in [-0.2, 0) is 11.0 Å². The van der Waals surface area contributed by atoms with E-state index in [2.05, 4.69) is 4.98 Å². The van der Waals surface area contributed by atoms with Crippen molar-refractivity contribution in [3.8, 4) is 0 Å². The fourth-order valence-electron chi connectivity index (χ4n) is 2.04. The van der Waals surface area contributed by atoms with Crippen LogP contribution in [0, 0.1) is 11.6 Å². The smallest absolute Gasteiger partial charge is 0.260 e. The van der Waals surface area contributed by atoms with Crippen molar-refractivity contribution in [1.29, 1.82) is 0 Å². The zero-order chi connectivity index (χ0) is 18.1. The first-order chi connectivity index (χ1) is 11.1. The third kappa shape index (κ3) is 4.08. The summed E-state index contributed by atoms with van der Waals surface area (Å²) in [6, 6.07) is 1.02. The van der Waals surface area contributed by atoms with Gasteiger partial charge in [0.25, 0.3) is 0 Å². The highest BCUT2D eigenvalue weighted by atomic mass is 35.5. The first-order valence-corrected chi connectivity index (χ1v) is 7.86.